The van der Waals surface area contributed by atoms with E-state index in [1.54, 1.807) is 6.20 Å². The van der Waals surface area contributed by atoms with E-state index in [0.29, 0.717) is 0 Å². The van der Waals surface area contributed by atoms with E-state index in [2.05, 4.69) is 0 Å². The van der Waals surface area contributed by atoms with Crippen molar-refractivity contribution in [1.82, 2.24) is 5.01 Å². The Morgan fingerprint density at radius 1 is 1.88 bits per heavy atom. The van der Waals surface area contributed by atoms with Gasteiger partial charge in [-0.05, 0) is 6.42 Å². The lowest BCUT2D eigenvalue weighted by atomic mass is 10.3. The molecule has 0 amide bonds. The van der Waals surface area contributed by atoms with Gasteiger partial charge in [0.05, 0.1) is 12.6 Å². The summed E-state index contributed by atoms with van der Waals surface area (Å²) in [6.45, 7) is 0.142. The quantitative estimate of drug-likeness (QED) is 0.449. The molecule has 0 fully saturated rings. The van der Waals surface area contributed by atoms with Crippen LogP contribution in [0.25, 0.3) is 0 Å². The van der Waals surface area contributed by atoms with Crippen LogP contribution in [-0.4, -0.2) is 22.8 Å². The average molecular weight is 114 g/mol. The first-order valence-corrected chi connectivity index (χ1v) is 2.65. The van der Waals surface area contributed by atoms with Crippen LogP contribution in [0.15, 0.2) is 12.3 Å². The van der Waals surface area contributed by atoms with Crippen LogP contribution < -0.4 is 5.84 Å². The second kappa shape index (κ2) is 2.15. The number of aliphatic hydroxyl groups is 1. The molecule has 0 unspecified atom stereocenters. The first kappa shape index (κ1) is 5.59. The molecule has 0 saturated heterocycles. The smallest absolute Gasteiger partial charge is 0.0711 e. The molecular formula is C5H10N2O. The number of rotatable bonds is 1. The third-order valence-electron chi connectivity index (χ3n) is 1.32. The summed E-state index contributed by atoms with van der Waals surface area (Å²) in [7, 11) is 0. The Labute approximate surface area is 48.4 Å². The Morgan fingerprint density at radius 2 is 2.62 bits per heavy atom. The van der Waals surface area contributed by atoms with Crippen LogP contribution in [-0.2, 0) is 0 Å². The van der Waals surface area contributed by atoms with Crippen molar-refractivity contribution in [2.45, 2.75) is 12.5 Å². The summed E-state index contributed by atoms with van der Waals surface area (Å²) >= 11 is 0. The van der Waals surface area contributed by atoms with Gasteiger partial charge in [-0.3, -0.25) is 0 Å². The van der Waals surface area contributed by atoms with Crippen LogP contribution in [0.4, 0.5) is 0 Å². The zero-order valence-electron chi connectivity index (χ0n) is 4.62. The minimum atomic E-state index is 0.120. The van der Waals surface area contributed by atoms with E-state index in [1.165, 1.54) is 5.01 Å². The van der Waals surface area contributed by atoms with E-state index in [4.69, 9.17) is 10.9 Å². The summed E-state index contributed by atoms with van der Waals surface area (Å²) in [5, 5.41) is 10.1. The van der Waals surface area contributed by atoms with Gasteiger partial charge in [0.15, 0.2) is 0 Å². The second-order valence-corrected chi connectivity index (χ2v) is 1.90. The zero-order valence-corrected chi connectivity index (χ0v) is 4.62. The van der Waals surface area contributed by atoms with E-state index in [-0.39, 0.29) is 12.6 Å². The number of hydrazine groups is 1. The van der Waals surface area contributed by atoms with Gasteiger partial charge in [0.1, 0.15) is 0 Å². The number of hydrogen-bond donors (Lipinski definition) is 2. The van der Waals surface area contributed by atoms with Crippen molar-refractivity contribution in [3.8, 4) is 0 Å². The van der Waals surface area contributed by atoms with E-state index in [0.717, 1.165) is 6.42 Å². The molecule has 46 valence electrons. The van der Waals surface area contributed by atoms with Gasteiger partial charge in [-0.25, -0.2) is 5.84 Å². The molecule has 1 heterocycles. The minimum absolute atomic E-state index is 0.120. The molecule has 0 aromatic heterocycles. The lowest BCUT2D eigenvalue weighted by Gasteiger charge is -2.16. The van der Waals surface area contributed by atoms with Crippen LogP contribution in [0.2, 0.25) is 0 Å². The Kier molecular flexibility index (Phi) is 1.50. The first-order valence-electron chi connectivity index (χ1n) is 2.65. The predicted octanol–water partition coefficient (Wildman–Crippen LogP) is -0.560. The Bertz CT molecular complexity index is 103. The maximum atomic E-state index is 8.57. The summed E-state index contributed by atoms with van der Waals surface area (Å²) < 4.78 is 0. The fourth-order valence-corrected chi connectivity index (χ4v) is 0.752. The van der Waals surface area contributed by atoms with Crippen LogP contribution in [0, 0.1) is 0 Å². The molecule has 3 N–H and O–H groups in total. The van der Waals surface area contributed by atoms with Gasteiger partial charge in [-0.15, -0.1) is 0 Å². The van der Waals surface area contributed by atoms with Crippen molar-refractivity contribution < 1.29 is 5.11 Å². The van der Waals surface area contributed by atoms with Crippen molar-refractivity contribution in [1.29, 1.82) is 0 Å². The number of nitrogens with zero attached hydrogens (tertiary/aromatic N) is 1. The molecule has 1 aliphatic heterocycles. The summed E-state index contributed by atoms with van der Waals surface area (Å²) in [6.07, 6.45) is 4.59. The zero-order chi connectivity index (χ0) is 5.98. The molecule has 0 saturated carbocycles. The van der Waals surface area contributed by atoms with Crippen LogP contribution in [0.5, 0.6) is 0 Å². The molecular weight excluding hydrogens is 104 g/mol. The normalized spacial score (nSPS) is 27.2. The van der Waals surface area contributed by atoms with Gasteiger partial charge in [-0.1, -0.05) is 6.08 Å². The summed E-state index contributed by atoms with van der Waals surface area (Å²) in [6, 6.07) is 0.120. The van der Waals surface area contributed by atoms with Gasteiger partial charge >= 0.3 is 0 Å². The molecule has 0 aromatic carbocycles. The fourth-order valence-electron chi connectivity index (χ4n) is 0.752. The van der Waals surface area contributed by atoms with Crippen LogP contribution in [0.1, 0.15) is 6.42 Å². The van der Waals surface area contributed by atoms with Crippen LogP contribution in [0.3, 0.4) is 0 Å². The highest BCUT2D eigenvalue weighted by Crippen LogP contribution is 2.07. The fraction of sp³-hybridized carbons (Fsp3) is 0.600. The highest BCUT2D eigenvalue weighted by molar-refractivity contribution is 4.94. The standard InChI is InChI=1S/C5H10N2O/c6-7-3-1-2-5(7)4-8/h1,3,5,8H,2,4,6H2/t5-/m1/s1. The Morgan fingerprint density at radius 3 is 2.88 bits per heavy atom. The average Bonchev–Trinajstić information content (AvgIpc) is 2.14. The molecule has 0 radical (unpaired) electrons. The molecule has 8 heavy (non-hydrogen) atoms. The molecule has 0 spiro atoms. The molecule has 1 rings (SSSR count). The predicted molar refractivity (Wildman–Crippen MR) is 30.7 cm³/mol. The third-order valence-corrected chi connectivity index (χ3v) is 1.32. The highest BCUT2D eigenvalue weighted by atomic mass is 16.3. The number of aliphatic hydroxyl groups excluding tert-OH is 1. The van der Waals surface area contributed by atoms with Crippen molar-refractivity contribution >= 4 is 0 Å². The largest absolute Gasteiger partial charge is 0.394 e. The molecule has 1 aliphatic rings. The van der Waals surface area contributed by atoms with Crippen molar-refractivity contribution in [3.63, 3.8) is 0 Å². The third kappa shape index (κ3) is 0.827. The van der Waals surface area contributed by atoms with Crippen molar-refractivity contribution in [2.24, 2.45) is 5.84 Å². The van der Waals surface area contributed by atoms with Crippen molar-refractivity contribution in [3.05, 3.63) is 12.3 Å². The maximum Gasteiger partial charge on any atom is 0.0711 e. The van der Waals surface area contributed by atoms with E-state index in [9.17, 15) is 0 Å². The highest BCUT2D eigenvalue weighted by Gasteiger charge is 2.13. The van der Waals surface area contributed by atoms with Gasteiger partial charge in [0.25, 0.3) is 0 Å². The molecule has 3 heteroatoms. The number of nitrogens with two attached hydrogens (primary N) is 1. The summed E-state index contributed by atoms with van der Waals surface area (Å²) in [4.78, 5) is 0. The monoisotopic (exact) mass is 114 g/mol. The lowest BCUT2D eigenvalue weighted by molar-refractivity contribution is 0.179. The van der Waals surface area contributed by atoms with Gasteiger partial charge in [-0.2, -0.15) is 0 Å². The van der Waals surface area contributed by atoms with E-state index >= 15 is 0 Å². The summed E-state index contributed by atoms with van der Waals surface area (Å²) in [5.41, 5.74) is 0. The Balaban J connectivity index is 2.38. The molecule has 0 aromatic rings. The SMILES string of the molecule is NN1C=CC[C@@H]1CO. The van der Waals surface area contributed by atoms with Gasteiger partial charge in [0.2, 0.25) is 0 Å². The minimum Gasteiger partial charge on any atom is -0.394 e. The topological polar surface area (TPSA) is 49.5 Å². The molecule has 3 nitrogen and oxygen atoms in total. The van der Waals surface area contributed by atoms with Gasteiger partial charge < -0.3 is 10.1 Å². The lowest BCUT2D eigenvalue weighted by Crippen LogP contribution is -2.35. The van der Waals surface area contributed by atoms with E-state index < -0.39 is 0 Å². The molecule has 0 aliphatic carbocycles. The van der Waals surface area contributed by atoms with Gasteiger partial charge in [0, 0.05) is 6.20 Å². The summed E-state index contributed by atoms with van der Waals surface area (Å²) in [5.74, 6) is 5.38. The first-order chi connectivity index (χ1) is 3.84. The van der Waals surface area contributed by atoms with Crippen LogP contribution >= 0.6 is 0 Å². The Hall–Kier alpha value is -0.540. The van der Waals surface area contributed by atoms with E-state index in [1.807, 2.05) is 6.08 Å². The molecule has 0 bridgehead atoms. The van der Waals surface area contributed by atoms with Crippen molar-refractivity contribution in [2.75, 3.05) is 6.61 Å². The molecule has 1 atom stereocenters. The maximum absolute atomic E-state index is 8.57. The number of hydrogen-bond acceptors (Lipinski definition) is 3. The second-order valence-electron chi connectivity index (χ2n) is 1.90.